The summed E-state index contributed by atoms with van der Waals surface area (Å²) in [5.74, 6) is 1.44. The van der Waals surface area contributed by atoms with Gasteiger partial charge in [-0.3, -0.25) is 53.5 Å². The highest BCUT2D eigenvalue weighted by molar-refractivity contribution is 8.93. The molecule has 15 nitrogen and oxygen atoms in total. The number of hydrogen-bond acceptors (Lipinski definition) is 11. The minimum Gasteiger partial charge on any atom is -0.311 e. The molecule has 7 aliphatic rings. The largest absolute Gasteiger partial charge is 0.311 e. The van der Waals surface area contributed by atoms with Crippen molar-refractivity contribution in [2.75, 3.05) is 144 Å². The number of anilines is 4. The highest BCUT2D eigenvalue weighted by Crippen LogP contribution is 2.36. The van der Waals surface area contributed by atoms with Crippen LogP contribution >= 0.6 is 161 Å². The number of carbonyl (C=O) groups is 4. The van der Waals surface area contributed by atoms with Gasteiger partial charge >= 0.3 is 0 Å². The number of rotatable bonds is 20. The van der Waals surface area contributed by atoms with E-state index in [-0.39, 0.29) is 144 Å². The van der Waals surface area contributed by atoms with E-state index < -0.39 is 0 Å². The molecule has 0 aliphatic carbocycles. The predicted octanol–water partition coefficient (Wildman–Crippen LogP) is 20.0. The lowest BCUT2D eigenvalue weighted by Gasteiger charge is -2.36. The zero-order valence-electron chi connectivity index (χ0n) is 66.8. The van der Waals surface area contributed by atoms with Gasteiger partial charge in [-0.1, -0.05) is 181 Å². The highest BCUT2D eigenvalue weighted by Gasteiger charge is 2.35. The zero-order chi connectivity index (χ0) is 76.0. The van der Waals surface area contributed by atoms with Crippen LogP contribution in [0, 0.1) is 5.92 Å². The van der Waals surface area contributed by atoms with Gasteiger partial charge in [-0.25, -0.2) is 0 Å². The van der Waals surface area contributed by atoms with Gasteiger partial charge in [0.1, 0.15) is 0 Å². The highest BCUT2D eigenvalue weighted by atomic mass is 79.9. The standard InChI is InChI=1S/C23H30ClN3O.C23H27ClN2O.2C22H26ClN3O.6BrH.ClH/c1-2-3-13-27(22-7-5-4-6-8-22)23(28)19-26-16-14-25(15-17-26)18-20-9-11-21(24)12-10-20;1-17-14-20-4-2-3-5-22(20)26(17)23(27)15-18-10-12-25(13-11-18)16-19-6-8-21(24)9-7-19;1-17-14-19-4-2-3-5-21(19)26(17)22(27)16-25-12-10-24(11-13-25)15-18-6-8-20(23)9-7-18;23-20-9-7-18(8-10-20)16-24-12-14-25(15-13-24)17-22(27)26-11-3-5-19-4-1-2-6-21(19)26;;;;;;;/h4-12H,2-3,13-19H2,1H3;2-9,17-18H,10-16H2,1H3;2-9,17H,10-16H2,1H3;1-2,4,6-10H,3,5,11-17H2;7*1H. The van der Waals surface area contributed by atoms with Crippen LogP contribution in [0.3, 0.4) is 0 Å². The van der Waals surface area contributed by atoms with Gasteiger partial charge in [-0.05, 0) is 196 Å². The van der Waals surface area contributed by atoms with Gasteiger partial charge in [0.25, 0.3) is 0 Å². The first-order chi connectivity index (χ1) is 53.0. The van der Waals surface area contributed by atoms with Crippen LogP contribution < -0.4 is 19.6 Å². The third kappa shape index (κ3) is 30.3. The molecule has 2 unspecified atom stereocenters. The summed E-state index contributed by atoms with van der Waals surface area (Å²) in [5, 5.41) is 3.12. The van der Waals surface area contributed by atoms with E-state index in [2.05, 4.69) is 158 Å². The van der Waals surface area contributed by atoms with E-state index in [4.69, 9.17) is 46.4 Å². The number of benzene rings is 8. The fourth-order valence-electron chi connectivity index (χ4n) is 16.2. The smallest absolute Gasteiger partial charge is 0.241 e. The van der Waals surface area contributed by atoms with Crippen LogP contribution in [0.5, 0.6) is 0 Å². The van der Waals surface area contributed by atoms with Crippen molar-refractivity contribution < 1.29 is 19.2 Å². The van der Waals surface area contributed by atoms with Crippen LogP contribution in [0.4, 0.5) is 22.7 Å². The Morgan fingerprint density at radius 1 is 0.371 bits per heavy atom. The van der Waals surface area contributed by atoms with Crippen molar-refractivity contribution in [2.24, 2.45) is 5.92 Å². The monoisotopic (exact) mass is 2060 g/mol. The minimum atomic E-state index is 0. The summed E-state index contributed by atoms with van der Waals surface area (Å²) < 4.78 is 0. The number of fused-ring (bicyclic) bond motifs is 3. The Hall–Kier alpha value is -4.31. The molecule has 15 rings (SSSR count). The van der Waals surface area contributed by atoms with Crippen LogP contribution in [0.25, 0.3) is 0 Å². The summed E-state index contributed by atoms with van der Waals surface area (Å²) in [5.41, 5.74) is 13.4. The summed E-state index contributed by atoms with van der Waals surface area (Å²) in [6, 6.07) is 67.8. The maximum absolute atomic E-state index is 13.0. The quantitative estimate of drug-likeness (QED) is 0.0729. The molecule has 632 valence electrons. The van der Waals surface area contributed by atoms with Crippen LogP contribution in [0.15, 0.2) is 200 Å². The second kappa shape index (κ2) is 52.2. The number of hydrogen-bond donors (Lipinski definition) is 0. The maximum atomic E-state index is 13.0. The van der Waals surface area contributed by atoms with Crippen molar-refractivity contribution in [1.82, 2.24) is 34.3 Å². The lowest BCUT2D eigenvalue weighted by molar-refractivity contribution is -0.121. The summed E-state index contributed by atoms with van der Waals surface area (Å²) in [6.07, 6.45) is 9.04. The maximum Gasteiger partial charge on any atom is 0.241 e. The number of para-hydroxylation sites is 4. The molecular formula is C90H116Br6Cl5N11O4. The molecule has 4 saturated heterocycles. The average Bonchev–Trinajstić information content (AvgIpc) is 1.66. The number of likely N-dealkylation sites (tertiary alicyclic amines) is 1. The number of piperidine rings is 1. The SMILES string of the molecule is Br.Br.Br.Br.Br.Br.CC1Cc2ccccc2N1C(=O)CC1CCN(Cc2ccc(Cl)cc2)CC1.CC1Cc2ccccc2N1C(=O)CN1CCN(Cc2ccc(Cl)cc2)CC1.CCCCN(C(=O)CN1CCN(Cc2ccc(Cl)cc2)CC1)c1ccccc1.Cl.O=C(CN1CCN(Cc2ccc(Cl)cc2)CC1)N1CCCc2ccccc21. The average molecular weight is 2070 g/mol. The van der Waals surface area contributed by atoms with E-state index in [9.17, 15) is 19.2 Å². The molecule has 0 radical (unpaired) electrons. The van der Waals surface area contributed by atoms with Gasteiger partial charge < -0.3 is 19.6 Å². The molecule has 4 amide bonds. The van der Waals surface area contributed by atoms with Gasteiger partial charge in [0.2, 0.25) is 23.6 Å². The van der Waals surface area contributed by atoms with Crippen molar-refractivity contribution in [3.63, 3.8) is 0 Å². The van der Waals surface area contributed by atoms with Crippen molar-refractivity contribution in [3.05, 3.63) is 259 Å². The molecule has 0 N–H and O–H groups in total. The van der Waals surface area contributed by atoms with Gasteiger partial charge in [0.05, 0.1) is 19.6 Å². The van der Waals surface area contributed by atoms with Gasteiger partial charge in [0.15, 0.2) is 0 Å². The van der Waals surface area contributed by atoms with E-state index in [1.807, 2.05) is 117 Å². The van der Waals surface area contributed by atoms with E-state index >= 15 is 0 Å². The molecule has 0 saturated carbocycles. The van der Waals surface area contributed by atoms with Gasteiger partial charge in [-0.2, -0.15) is 0 Å². The van der Waals surface area contributed by atoms with Crippen molar-refractivity contribution in [1.29, 1.82) is 0 Å². The zero-order valence-corrected chi connectivity index (χ0v) is 81.0. The number of amides is 4. The van der Waals surface area contributed by atoms with Gasteiger partial charge in [-0.15, -0.1) is 114 Å². The molecule has 4 fully saturated rings. The fourth-order valence-corrected chi connectivity index (χ4v) is 16.7. The molecule has 2 atom stereocenters. The fraction of sp³-hybridized carbons (Fsp3) is 0.422. The first-order valence-electron chi connectivity index (χ1n) is 39.6. The minimum absolute atomic E-state index is 0. The van der Waals surface area contributed by atoms with Crippen LogP contribution in [0.2, 0.25) is 20.1 Å². The molecule has 7 heterocycles. The Bertz CT molecular complexity index is 4090. The van der Waals surface area contributed by atoms with E-state index in [1.54, 1.807) is 0 Å². The lowest BCUT2D eigenvalue weighted by atomic mass is 9.92. The second-order valence-electron chi connectivity index (χ2n) is 30.5. The van der Waals surface area contributed by atoms with E-state index in [0.717, 1.165) is 225 Å². The van der Waals surface area contributed by atoms with E-state index in [1.165, 1.54) is 38.9 Å². The Labute approximate surface area is 779 Å². The predicted molar refractivity (Wildman–Crippen MR) is 518 cm³/mol. The molecule has 0 bridgehead atoms. The molecule has 8 aromatic rings. The van der Waals surface area contributed by atoms with E-state index in [0.29, 0.717) is 37.9 Å². The third-order valence-electron chi connectivity index (χ3n) is 22.4. The number of halogens is 11. The van der Waals surface area contributed by atoms with Crippen LogP contribution in [-0.4, -0.2) is 194 Å². The van der Waals surface area contributed by atoms with Crippen molar-refractivity contribution in [3.8, 4) is 0 Å². The van der Waals surface area contributed by atoms with Crippen molar-refractivity contribution in [2.45, 2.75) is 117 Å². The summed E-state index contributed by atoms with van der Waals surface area (Å²) in [7, 11) is 0. The Morgan fingerprint density at radius 3 is 1.11 bits per heavy atom. The molecule has 7 aliphatic heterocycles. The number of nitrogens with zero attached hydrogens (tertiary/aromatic N) is 11. The summed E-state index contributed by atoms with van der Waals surface area (Å²) in [4.78, 5) is 76.4. The normalized spacial score (nSPS) is 17.6. The number of aryl methyl sites for hydroxylation is 1. The molecule has 0 spiro atoms. The lowest BCUT2D eigenvalue weighted by Crippen LogP contribution is -2.50. The second-order valence-corrected chi connectivity index (χ2v) is 32.2. The third-order valence-corrected chi connectivity index (χ3v) is 23.4. The van der Waals surface area contributed by atoms with Crippen LogP contribution in [0.1, 0.15) is 98.2 Å². The molecule has 8 aromatic carbocycles. The first kappa shape index (κ1) is 102. The van der Waals surface area contributed by atoms with Crippen molar-refractivity contribution >= 4 is 207 Å². The number of unbranched alkanes of at least 4 members (excludes halogenated alkanes) is 1. The molecular weight excluding hydrogens is 1960 g/mol. The summed E-state index contributed by atoms with van der Waals surface area (Å²) in [6.45, 7) is 27.0. The topological polar surface area (TPSA) is 104 Å². The Kier molecular flexibility index (Phi) is 46.0. The summed E-state index contributed by atoms with van der Waals surface area (Å²) >= 11 is 23.9. The Morgan fingerprint density at radius 2 is 0.707 bits per heavy atom. The number of piperazine rings is 3. The number of carbonyl (C=O) groups excluding carboxylic acids is 4. The molecule has 0 aromatic heterocycles. The van der Waals surface area contributed by atoms with Crippen LogP contribution in [-0.2, 0) is 64.6 Å². The van der Waals surface area contributed by atoms with Gasteiger partial charge in [0, 0.05) is 179 Å². The molecule has 26 heteroatoms. The molecule has 116 heavy (non-hydrogen) atoms. The Balaban J connectivity index is 0.000000270. The first-order valence-corrected chi connectivity index (χ1v) is 41.1.